The quantitative estimate of drug-likeness (QED) is 0.369. The van der Waals surface area contributed by atoms with E-state index in [2.05, 4.69) is 9.97 Å². The van der Waals surface area contributed by atoms with Gasteiger partial charge in [0.05, 0.1) is 24.0 Å². The number of rotatable bonds is 4. The van der Waals surface area contributed by atoms with Gasteiger partial charge in [0.2, 0.25) is 0 Å². The highest BCUT2D eigenvalue weighted by molar-refractivity contribution is 7.17. The van der Waals surface area contributed by atoms with Gasteiger partial charge >= 0.3 is 0 Å². The summed E-state index contributed by atoms with van der Waals surface area (Å²) < 4.78 is 27.9. The van der Waals surface area contributed by atoms with Crippen molar-refractivity contribution in [3.8, 4) is 21.7 Å². The third-order valence-electron chi connectivity index (χ3n) is 4.69. The molecule has 0 amide bonds. The molecular weight excluding hydrogens is 424 g/mol. The Labute approximate surface area is 177 Å². The van der Waals surface area contributed by atoms with Gasteiger partial charge in [-0.3, -0.25) is 9.36 Å². The van der Waals surface area contributed by atoms with Crippen molar-refractivity contribution in [2.75, 3.05) is 0 Å². The largest absolute Gasteiger partial charge is 0.293 e. The van der Waals surface area contributed by atoms with Gasteiger partial charge in [0.15, 0.2) is 0 Å². The van der Waals surface area contributed by atoms with Crippen LogP contribution in [0.4, 0.5) is 8.78 Å². The summed E-state index contributed by atoms with van der Waals surface area (Å²) in [4.78, 5) is 22.8. The normalized spacial score (nSPS) is 11.3. The van der Waals surface area contributed by atoms with Crippen molar-refractivity contribution in [3.63, 3.8) is 0 Å². The molecule has 0 atom stereocenters. The first-order valence-electron chi connectivity index (χ1n) is 9.01. The van der Waals surface area contributed by atoms with E-state index in [1.807, 2.05) is 10.8 Å². The molecule has 3 aromatic heterocycles. The van der Waals surface area contributed by atoms with Crippen molar-refractivity contribution in [1.82, 2.24) is 14.5 Å². The number of nitrogens with zero attached hydrogens (tertiary/aromatic N) is 3. The summed E-state index contributed by atoms with van der Waals surface area (Å²) in [5.41, 5.74) is 2.89. The minimum Gasteiger partial charge on any atom is -0.293 e. The molecule has 5 aromatic rings. The molecular formula is C22H13F2N3OS2. The molecule has 0 bridgehead atoms. The van der Waals surface area contributed by atoms with E-state index in [0.29, 0.717) is 10.2 Å². The number of halogens is 2. The third kappa shape index (κ3) is 3.44. The second-order valence-electron chi connectivity index (χ2n) is 6.66. The molecule has 30 heavy (non-hydrogen) atoms. The Morgan fingerprint density at radius 1 is 0.867 bits per heavy atom. The van der Waals surface area contributed by atoms with Gasteiger partial charge in [-0.2, -0.15) is 0 Å². The van der Waals surface area contributed by atoms with Gasteiger partial charge in [-0.15, -0.1) is 22.7 Å². The molecule has 0 unspecified atom stereocenters. The molecule has 3 heterocycles. The van der Waals surface area contributed by atoms with Crippen LogP contribution >= 0.6 is 22.7 Å². The molecule has 4 nitrogen and oxygen atoms in total. The molecule has 148 valence electrons. The lowest BCUT2D eigenvalue weighted by Gasteiger charge is -2.05. The van der Waals surface area contributed by atoms with Crippen molar-refractivity contribution >= 4 is 32.9 Å². The smallest absolute Gasteiger partial charge is 0.263 e. The first-order chi connectivity index (χ1) is 14.6. The lowest BCUT2D eigenvalue weighted by Crippen LogP contribution is -2.21. The van der Waals surface area contributed by atoms with Crippen LogP contribution in [0.25, 0.3) is 31.9 Å². The fraction of sp³-hybridized carbons (Fsp3) is 0.0455. The van der Waals surface area contributed by atoms with E-state index in [-0.39, 0.29) is 23.7 Å². The van der Waals surface area contributed by atoms with Crippen LogP contribution in [0.3, 0.4) is 0 Å². The highest BCUT2D eigenvalue weighted by Gasteiger charge is 2.14. The Morgan fingerprint density at radius 2 is 1.53 bits per heavy atom. The average molecular weight is 437 g/mol. The Kier molecular flexibility index (Phi) is 4.72. The summed E-state index contributed by atoms with van der Waals surface area (Å²) in [6.45, 7) is 0.276. The first kappa shape index (κ1) is 18.8. The Morgan fingerprint density at radius 3 is 2.23 bits per heavy atom. The molecule has 0 saturated carbocycles. The molecule has 0 aliphatic rings. The summed E-state index contributed by atoms with van der Waals surface area (Å²) >= 11 is 2.82. The lowest BCUT2D eigenvalue weighted by atomic mass is 10.1. The van der Waals surface area contributed by atoms with E-state index in [4.69, 9.17) is 0 Å². The van der Waals surface area contributed by atoms with Crippen LogP contribution in [0, 0.1) is 11.6 Å². The fourth-order valence-electron chi connectivity index (χ4n) is 3.20. The van der Waals surface area contributed by atoms with Gasteiger partial charge in [0.25, 0.3) is 5.56 Å². The van der Waals surface area contributed by atoms with Gasteiger partial charge in [-0.25, -0.2) is 18.7 Å². The summed E-state index contributed by atoms with van der Waals surface area (Å²) in [7, 11) is 0. The average Bonchev–Trinajstić information content (AvgIpc) is 3.39. The molecule has 0 spiro atoms. The van der Waals surface area contributed by atoms with E-state index in [9.17, 15) is 13.6 Å². The molecule has 8 heteroatoms. The van der Waals surface area contributed by atoms with Crippen LogP contribution in [0.15, 0.2) is 70.4 Å². The molecule has 0 fully saturated rings. The fourth-order valence-corrected chi connectivity index (χ4v) is 4.92. The summed E-state index contributed by atoms with van der Waals surface area (Å²) in [5.74, 6) is -0.622. The number of hydrogen-bond acceptors (Lipinski definition) is 5. The Bertz CT molecular complexity index is 1400. The van der Waals surface area contributed by atoms with Crippen LogP contribution < -0.4 is 5.56 Å². The minimum atomic E-state index is -0.325. The van der Waals surface area contributed by atoms with Crippen molar-refractivity contribution in [2.24, 2.45) is 0 Å². The van der Waals surface area contributed by atoms with Crippen molar-refractivity contribution < 1.29 is 8.78 Å². The monoisotopic (exact) mass is 437 g/mol. The molecule has 0 aliphatic carbocycles. The third-order valence-corrected chi connectivity index (χ3v) is 6.52. The maximum Gasteiger partial charge on any atom is 0.263 e. The lowest BCUT2D eigenvalue weighted by molar-refractivity contribution is 0.627. The summed E-state index contributed by atoms with van der Waals surface area (Å²) in [6.07, 6.45) is 1.52. The van der Waals surface area contributed by atoms with E-state index >= 15 is 0 Å². The topological polar surface area (TPSA) is 47.8 Å². The van der Waals surface area contributed by atoms with Crippen molar-refractivity contribution in [3.05, 3.63) is 93.3 Å². The molecule has 0 radical (unpaired) electrons. The predicted molar refractivity (Wildman–Crippen MR) is 116 cm³/mol. The molecule has 2 aromatic carbocycles. The van der Waals surface area contributed by atoms with Gasteiger partial charge in [0, 0.05) is 21.9 Å². The minimum absolute atomic E-state index is 0.170. The highest BCUT2D eigenvalue weighted by atomic mass is 32.1. The SMILES string of the molecule is O=c1c2c(-c3ccc(F)cc3)csc2ncn1Cc1csc(-c2ccc(F)cc2)n1. The van der Waals surface area contributed by atoms with E-state index in [0.717, 1.165) is 27.4 Å². The number of aromatic nitrogens is 3. The van der Waals surface area contributed by atoms with Crippen LogP contribution in [0.5, 0.6) is 0 Å². The highest BCUT2D eigenvalue weighted by Crippen LogP contribution is 2.31. The maximum atomic E-state index is 13.3. The van der Waals surface area contributed by atoms with Gasteiger partial charge in [0.1, 0.15) is 21.5 Å². The van der Waals surface area contributed by atoms with E-state index < -0.39 is 0 Å². The van der Waals surface area contributed by atoms with Crippen molar-refractivity contribution in [1.29, 1.82) is 0 Å². The van der Waals surface area contributed by atoms with Crippen LogP contribution in [-0.2, 0) is 6.54 Å². The zero-order chi connectivity index (χ0) is 20.7. The maximum absolute atomic E-state index is 13.3. The number of thiophene rings is 1. The Balaban J connectivity index is 1.50. The number of thiazole rings is 1. The second kappa shape index (κ2) is 7.55. The standard InChI is InChI=1S/C22H13F2N3OS2/c23-15-5-1-13(2-6-15)18-11-30-21-19(18)22(28)27(12-25-21)9-17-10-29-20(26-17)14-3-7-16(24)8-4-14/h1-8,10-12H,9H2. The second-order valence-corrected chi connectivity index (χ2v) is 8.38. The van der Waals surface area contributed by atoms with Gasteiger partial charge in [-0.05, 0) is 42.0 Å². The number of fused-ring (bicyclic) bond motifs is 1. The zero-order valence-electron chi connectivity index (χ0n) is 15.4. The van der Waals surface area contributed by atoms with E-state index in [1.54, 1.807) is 24.3 Å². The van der Waals surface area contributed by atoms with Crippen LogP contribution in [0.1, 0.15) is 5.69 Å². The zero-order valence-corrected chi connectivity index (χ0v) is 17.0. The predicted octanol–water partition coefficient (Wildman–Crippen LogP) is 5.58. The van der Waals surface area contributed by atoms with Gasteiger partial charge in [-0.1, -0.05) is 12.1 Å². The molecule has 0 N–H and O–H groups in total. The Hall–Kier alpha value is -3.23. The first-order valence-corrected chi connectivity index (χ1v) is 10.8. The van der Waals surface area contributed by atoms with E-state index in [1.165, 1.54) is 57.8 Å². The summed E-state index contributed by atoms with van der Waals surface area (Å²) in [6, 6.07) is 12.2. The van der Waals surface area contributed by atoms with Gasteiger partial charge < -0.3 is 0 Å². The number of hydrogen-bond donors (Lipinski definition) is 0. The van der Waals surface area contributed by atoms with Crippen molar-refractivity contribution in [2.45, 2.75) is 6.54 Å². The van der Waals surface area contributed by atoms with Crippen LogP contribution in [0.2, 0.25) is 0 Å². The molecule has 5 rings (SSSR count). The summed E-state index contributed by atoms with van der Waals surface area (Å²) in [5, 5.41) is 5.02. The molecule has 0 aliphatic heterocycles. The molecule has 0 saturated heterocycles. The number of benzene rings is 2. The van der Waals surface area contributed by atoms with Crippen LogP contribution in [-0.4, -0.2) is 14.5 Å².